The minimum Gasteiger partial charge on any atom is -0.490 e. The molecule has 11 heteroatoms. The number of urea groups is 1. The minimum absolute atomic E-state index is 0.0401. The van der Waals surface area contributed by atoms with Crippen LogP contribution in [0.5, 0.6) is 17.2 Å². The first-order valence-corrected chi connectivity index (χ1v) is 16.0. The number of likely N-dealkylation sites (N-methyl/N-ethyl adjacent to an activating group) is 1. The zero-order valence-electron chi connectivity index (χ0n) is 27.5. The first-order chi connectivity index (χ1) is 21.5. The summed E-state index contributed by atoms with van der Waals surface area (Å²) < 4.78 is 23.8. The van der Waals surface area contributed by atoms with E-state index in [-0.39, 0.29) is 49.5 Å². The molecule has 11 nitrogen and oxygen atoms in total. The van der Waals surface area contributed by atoms with Crippen molar-refractivity contribution in [1.82, 2.24) is 15.1 Å². The monoisotopic (exact) mass is 626 g/mol. The Labute approximate surface area is 267 Å². The summed E-state index contributed by atoms with van der Waals surface area (Å²) in [5.41, 5.74) is 1.93. The van der Waals surface area contributed by atoms with Crippen LogP contribution in [0.15, 0.2) is 36.4 Å². The van der Waals surface area contributed by atoms with Gasteiger partial charge in [0, 0.05) is 43.9 Å². The van der Waals surface area contributed by atoms with Gasteiger partial charge in [0.2, 0.25) is 6.79 Å². The molecule has 3 amide bonds. The van der Waals surface area contributed by atoms with Gasteiger partial charge in [-0.3, -0.25) is 9.69 Å². The second-order valence-electron chi connectivity index (χ2n) is 12.6. The number of hydrogen-bond donors (Lipinski definition) is 3. The first-order valence-electron chi connectivity index (χ1n) is 16.0. The number of benzene rings is 2. The van der Waals surface area contributed by atoms with E-state index in [1.54, 1.807) is 23.1 Å². The molecule has 2 aromatic rings. The van der Waals surface area contributed by atoms with Crippen LogP contribution in [0, 0.1) is 5.92 Å². The lowest BCUT2D eigenvalue weighted by atomic mass is 10.0. The van der Waals surface area contributed by atoms with E-state index < -0.39 is 6.04 Å². The van der Waals surface area contributed by atoms with Crippen LogP contribution in [0.4, 0.5) is 10.5 Å². The third kappa shape index (κ3) is 9.72. The van der Waals surface area contributed by atoms with Gasteiger partial charge in [0.05, 0.1) is 30.4 Å². The summed E-state index contributed by atoms with van der Waals surface area (Å²) in [6.45, 7) is 12.0. The molecule has 0 spiro atoms. The summed E-state index contributed by atoms with van der Waals surface area (Å²) in [5.74, 6) is 1.65. The zero-order chi connectivity index (χ0) is 32.5. The average molecular weight is 627 g/mol. The summed E-state index contributed by atoms with van der Waals surface area (Å²) >= 11 is 0. The molecule has 0 radical (unpaired) electrons. The number of aliphatic hydroxyl groups is 1. The van der Waals surface area contributed by atoms with Crippen molar-refractivity contribution in [2.75, 3.05) is 45.5 Å². The lowest BCUT2D eigenvalue weighted by Crippen LogP contribution is -2.47. The number of amides is 3. The van der Waals surface area contributed by atoms with Crippen LogP contribution in [0.25, 0.3) is 0 Å². The highest BCUT2D eigenvalue weighted by molar-refractivity contribution is 5.99. The third-order valence-corrected chi connectivity index (χ3v) is 8.11. The van der Waals surface area contributed by atoms with E-state index in [0.29, 0.717) is 43.2 Å². The second kappa shape index (κ2) is 16.1. The topological polar surface area (TPSA) is 122 Å². The Hall–Kier alpha value is -3.54. The maximum Gasteiger partial charge on any atom is 0.319 e. The van der Waals surface area contributed by atoms with E-state index in [1.165, 1.54) is 0 Å². The molecule has 0 saturated heterocycles. The van der Waals surface area contributed by atoms with E-state index in [2.05, 4.69) is 29.5 Å². The molecule has 3 N–H and O–H groups in total. The van der Waals surface area contributed by atoms with E-state index in [1.807, 2.05) is 45.9 Å². The zero-order valence-corrected chi connectivity index (χ0v) is 27.5. The van der Waals surface area contributed by atoms with Crippen LogP contribution in [-0.2, 0) is 11.3 Å². The normalized spacial score (nSPS) is 21.6. The number of nitrogens with one attached hydrogen (secondary N) is 2. The quantitative estimate of drug-likeness (QED) is 0.380. The minimum atomic E-state index is -0.453. The van der Waals surface area contributed by atoms with Gasteiger partial charge in [0.25, 0.3) is 5.91 Å². The number of hydrogen-bond acceptors (Lipinski definition) is 8. The van der Waals surface area contributed by atoms with Crippen LogP contribution in [-0.4, -0.2) is 91.3 Å². The van der Waals surface area contributed by atoms with Gasteiger partial charge in [0.15, 0.2) is 11.5 Å². The van der Waals surface area contributed by atoms with Crippen molar-refractivity contribution >= 4 is 17.6 Å². The van der Waals surface area contributed by atoms with Crippen LogP contribution in [0.1, 0.15) is 69.8 Å². The Morgan fingerprint density at radius 1 is 1.07 bits per heavy atom. The molecule has 0 bridgehead atoms. The molecule has 2 aliphatic heterocycles. The van der Waals surface area contributed by atoms with Gasteiger partial charge in [-0.2, -0.15) is 0 Å². The standard InChI is InChI=1S/C34H50N4O7/c1-22(2)35-34(41)36-27-11-13-29-28(16-27)33(40)38(24(4)20-39)17-23(3)32(42-14-8-7-9-25(5)45-29)19-37(6)18-26-10-12-30-31(15-26)44-21-43-30/h10-13,15-16,22-25,32,39H,7-9,14,17-21H2,1-6H3,(H2,35,36,41)/t23-,24+,25-,32-/m1/s1. The van der Waals surface area contributed by atoms with Gasteiger partial charge in [-0.1, -0.05) is 13.0 Å². The number of aliphatic hydroxyl groups excluding tert-OH is 1. The molecule has 248 valence electrons. The number of carbonyl (C=O) groups excluding carboxylic acids is 2. The third-order valence-electron chi connectivity index (χ3n) is 8.11. The van der Waals surface area contributed by atoms with Gasteiger partial charge < -0.3 is 39.6 Å². The smallest absolute Gasteiger partial charge is 0.319 e. The van der Waals surface area contributed by atoms with Crippen molar-refractivity contribution in [3.63, 3.8) is 0 Å². The Balaban J connectivity index is 1.57. The molecule has 0 unspecified atom stereocenters. The average Bonchev–Trinajstić information content (AvgIpc) is 3.46. The molecular weight excluding hydrogens is 576 g/mol. The fourth-order valence-corrected chi connectivity index (χ4v) is 5.61. The van der Waals surface area contributed by atoms with Crippen LogP contribution < -0.4 is 24.8 Å². The van der Waals surface area contributed by atoms with Crippen LogP contribution in [0.2, 0.25) is 0 Å². The first kappa shape index (κ1) is 34.3. The lowest BCUT2D eigenvalue weighted by Gasteiger charge is -2.36. The molecule has 0 fully saturated rings. The van der Waals surface area contributed by atoms with Gasteiger partial charge >= 0.3 is 6.03 Å². The fraction of sp³-hybridized carbons (Fsp3) is 0.588. The number of ether oxygens (including phenoxy) is 4. The molecule has 2 aromatic carbocycles. The molecule has 0 aromatic heterocycles. The van der Waals surface area contributed by atoms with Crippen LogP contribution >= 0.6 is 0 Å². The highest BCUT2D eigenvalue weighted by Gasteiger charge is 2.30. The number of nitrogens with zero attached hydrogens (tertiary/aromatic N) is 2. The Bertz CT molecular complexity index is 1290. The number of carbonyl (C=O) groups is 2. The second-order valence-corrected chi connectivity index (χ2v) is 12.6. The van der Waals surface area contributed by atoms with Crippen molar-refractivity contribution in [3.05, 3.63) is 47.5 Å². The van der Waals surface area contributed by atoms with Gasteiger partial charge in [-0.25, -0.2) is 4.79 Å². The molecule has 4 rings (SSSR count). The van der Waals surface area contributed by atoms with Gasteiger partial charge in [-0.15, -0.1) is 0 Å². The van der Waals surface area contributed by atoms with E-state index in [0.717, 1.165) is 36.3 Å². The van der Waals surface area contributed by atoms with Crippen molar-refractivity contribution in [3.8, 4) is 17.2 Å². The number of fused-ring (bicyclic) bond motifs is 2. The van der Waals surface area contributed by atoms with Crippen molar-refractivity contribution in [2.24, 2.45) is 5.92 Å². The SMILES string of the molecule is CC(C)NC(=O)Nc1ccc2c(c1)C(=O)N([C@@H](C)CO)C[C@@H](C)[C@@H](CN(C)Cc1ccc3c(c1)OCO3)OCCCC[C@@H](C)O2. The van der Waals surface area contributed by atoms with Gasteiger partial charge in [-0.05, 0) is 89.9 Å². The van der Waals surface area contributed by atoms with Crippen LogP contribution in [0.3, 0.4) is 0 Å². The predicted octanol–water partition coefficient (Wildman–Crippen LogP) is 4.87. The van der Waals surface area contributed by atoms with Crippen molar-refractivity contribution < 1.29 is 33.6 Å². The summed E-state index contributed by atoms with van der Waals surface area (Å²) in [6, 6.07) is 10.3. The van der Waals surface area contributed by atoms with Crippen molar-refractivity contribution in [1.29, 1.82) is 0 Å². The Morgan fingerprint density at radius 3 is 2.58 bits per heavy atom. The van der Waals surface area contributed by atoms with Crippen molar-refractivity contribution in [2.45, 2.75) is 84.7 Å². The lowest BCUT2D eigenvalue weighted by molar-refractivity contribution is -0.0177. The summed E-state index contributed by atoms with van der Waals surface area (Å²) in [4.78, 5) is 30.6. The summed E-state index contributed by atoms with van der Waals surface area (Å²) in [5, 5.41) is 15.8. The summed E-state index contributed by atoms with van der Waals surface area (Å²) in [7, 11) is 2.06. The maximum absolute atomic E-state index is 14.3. The number of rotatable bonds is 8. The molecule has 45 heavy (non-hydrogen) atoms. The highest BCUT2D eigenvalue weighted by Crippen LogP contribution is 2.33. The molecule has 4 atom stereocenters. The van der Waals surface area contributed by atoms with E-state index in [9.17, 15) is 14.7 Å². The largest absolute Gasteiger partial charge is 0.490 e. The fourth-order valence-electron chi connectivity index (χ4n) is 5.61. The highest BCUT2D eigenvalue weighted by atomic mass is 16.7. The predicted molar refractivity (Wildman–Crippen MR) is 173 cm³/mol. The Morgan fingerprint density at radius 2 is 1.82 bits per heavy atom. The molecule has 2 aliphatic rings. The molecule has 0 saturated carbocycles. The molecule has 2 heterocycles. The number of anilines is 1. The van der Waals surface area contributed by atoms with Gasteiger partial charge in [0.1, 0.15) is 5.75 Å². The molecular formula is C34H50N4O7. The molecule has 0 aliphatic carbocycles. The van der Waals surface area contributed by atoms with E-state index in [4.69, 9.17) is 18.9 Å². The van der Waals surface area contributed by atoms with E-state index >= 15 is 0 Å². The maximum atomic E-state index is 14.3. The summed E-state index contributed by atoms with van der Waals surface area (Å²) in [6.07, 6.45) is 2.32. The Kier molecular flexibility index (Phi) is 12.3.